The Hall–Kier alpha value is -1.26. The van der Waals surface area contributed by atoms with Gasteiger partial charge in [-0.1, -0.05) is 0 Å². The maximum atomic E-state index is 11.8. The molecule has 0 radical (unpaired) electrons. The molecule has 0 aliphatic heterocycles. The quantitative estimate of drug-likeness (QED) is 0.598. The molecule has 0 bridgehead atoms. The van der Waals surface area contributed by atoms with Crippen LogP contribution in [-0.4, -0.2) is 27.2 Å². The molecule has 0 aromatic carbocycles. The molecule has 1 aromatic rings. The Bertz CT molecular complexity index is 258. The lowest BCUT2D eigenvalue weighted by Crippen LogP contribution is -2.10. The average molecular weight is 157 g/mol. The number of hydrogen-bond donors (Lipinski definition) is 0. The minimum atomic E-state index is -0.538. The number of aryl methyl sites for hydroxylation is 1. The van der Waals surface area contributed by atoms with Crippen molar-refractivity contribution >= 4 is 5.78 Å². The van der Waals surface area contributed by atoms with Crippen LogP contribution in [0.3, 0.4) is 0 Å². The SMILES string of the molecule is CC(=O)c1ncnn1CCF. The molecule has 0 N–H and O–H groups in total. The van der Waals surface area contributed by atoms with Crippen LogP contribution in [0.15, 0.2) is 6.33 Å². The predicted octanol–water partition coefficient (Wildman–Crippen LogP) is 0.450. The van der Waals surface area contributed by atoms with Gasteiger partial charge in [0.2, 0.25) is 0 Å². The van der Waals surface area contributed by atoms with E-state index in [1.54, 1.807) is 0 Å². The van der Waals surface area contributed by atoms with Crippen molar-refractivity contribution in [3.8, 4) is 0 Å². The van der Waals surface area contributed by atoms with E-state index in [-0.39, 0.29) is 18.2 Å². The first-order valence-corrected chi connectivity index (χ1v) is 3.20. The van der Waals surface area contributed by atoms with E-state index in [9.17, 15) is 9.18 Å². The van der Waals surface area contributed by atoms with Crippen LogP contribution >= 0.6 is 0 Å². The van der Waals surface area contributed by atoms with Crippen molar-refractivity contribution in [2.75, 3.05) is 6.67 Å². The van der Waals surface area contributed by atoms with E-state index in [0.717, 1.165) is 0 Å². The number of nitrogens with zero attached hydrogens (tertiary/aromatic N) is 3. The van der Waals surface area contributed by atoms with Crippen LogP contribution in [0.25, 0.3) is 0 Å². The zero-order chi connectivity index (χ0) is 8.27. The zero-order valence-corrected chi connectivity index (χ0v) is 6.12. The number of alkyl halides is 1. The van der Waals surface area contributed by atoms with Crippen molar-refractivity contribution in [3.05, 3.63) is 12.2 Å². The summed E-state index contributed by atoms with van der Waals surface area (Å²) in [4.78, 5) is 14.4. The smallest absolute Gasteiger partial charge is 0.196 e. The average Bonchev–Trinajstić information content (AvgIpc) is 2.36. The summed E-state index contributed by atoms with van der Waals surface area (Å²) in [6.45, 7) is 0.928. The lowest BCUT2D eigenvalue weighted by molar-refractivity contribution is 0.0997. The maximum absolute atomic E-state index is 11.8. The molecular formula is C6H8FN3O. The highest BCUT2D eigenvalue weighted by Gasteiger charge is 2.07. The van der Waals surface area contributed by atoms with Crippen molar-refractivity contribution in [1.82, 2.24) is 14.8 Å². The monoisotopic (exact) mass is 157 g/mol. The summed E-state index contributed by atoms with van der Waals surface area (Å²) in [5, 5.41) is 3.67. The second-order valence-electron chi connectivity index (χ2n) is 2.05. The Morgan fingerprint density at radius 1 is 1.82 bits per heavy atom. The Morgan fingerprint density at radius 2 is 2.55 bits per heavy atom. The molecule has 0 aliphatic rings. The van der Waals surface area contributed by atoms with Gasteiger partial charge in [-0.05, 0) is 0 Å². The molecule has 0 atom stereocenters. The summed E-state index contributed by atoms with van der Waals surface area (Å²) < 4.78 is 13.1. The second-order valence-corrected chi connectivity index (χ2v) is 2.05. The summed E-state index contributed by atoms with van der Waals surface area (Å²) in [5.74, 6) is 0.0126. The van der Waals surface area contributed by atoms with Crippen molar-refractivity contribution in [2.24, 2.45) is 0 Å². The van der Waals surface area contributed by atoms with Gasteiger partial charge in [0.1, 0.15) is 13.0 Å². The van der Waals surface area contributed by atoms with Gasteiger partial charge in [-0.15, -0.1) is 0 Å². The van der Waals surface area contributed by atoms with E-state index in [1.807, 2.05) is 0 Å². The van der Waals surface area contributed by atoms with Crippen molar-refractivity contribution < 1.29 is 9.18 Å². The van der Waals surface area contributed by atoms with E-state index < -0.39 is 6.67 Å². The van der Waals surface area contributed by atoms with Gasteiger partial charge in [0.25, 0.3) is 0 Å². The summed E-state index contributed by atoms with van der Waals surface area (Å²) in [6.07, 6.45) is 1.24. The zero-order valence-electron chi connectivity index (χ0n) is 6.12. The molecule has 0 amide bonds. The van der Waals surface area contributed by atoms with E-state index in [0.29, 0.717) is 0 Å². The molecule has 0 fully saturated rings. The number of halogens is 1. The molecule has 60 valence electrons. The minimum absolute atomic E-state index is 0.0922. The molecule has 0 aliphatic carbocycles. The van der Waals surface area contributed by atoms with Gasteiger partial charge in [0.15, 0.2) is 11.6 Å². The number of hydrogen-bond acceptors (Lipinski definition) is 3. The van der Waals surface area contributed by atoms with Gasteiger partial charge < -0.3 is 0 Å². The topological polar surface area (TPSA) is 47.8 Å². The molecule has 0 spiro atoms. The number of ketones is 1. The van der Waals surface area contributed by atoms with E-state index in [2.05, 4.69) is 10.1 Å². The Labute approximate surface area is 63.0 Å². The van der Waals surface area contributed by atoms with Crippen LogP contribution in [0.5, 0.6) is 0 Å². The second kappa shape index (κ2) is 3.23. The fraction of sp³-hybridized carbons (Fsp3) is 0.500. The molecule has 0 saturated carbocycles. The Kier molecular flexibility index (Phi) is 2.30. The largest absolute Gasteiger partial charge is 0.291 e. The lowest BCUT2D eigenvalue weighted by Gasteiger charge is -1.97. The molecule has 5 heteroatoms. The van der Waals surface area contributed by atoms with E-state index in [4.69, 9.17) is 0 Å². The van der Waals surface area contributed by atoms with Crippen LogP contribution in [0, 0.1) is 0 Å². The first-order valence-electron chi connectivity index (χ1n) is 3.20. The molecule has 0 saturated heterocycles. The molecule has 11 heavy (non-hydrogen) atoms. The number of aromatic nitrogens is 3. The maximum Gasteiger partial charge on any atom is 0.196 e. The van der Waals surface area contributed by atoms with Gasteiger partial charge in [-0.2, -0.15) is 5.10 Å². The number of rotatable bonds is 3. The van der Waals surface area contributed by atoms with Gasteiger partial charge in [-0.3, -0.25) is 4.79 Å². The van der Waals surface area contributed by atoms with Gasteiger partial charge in [-0.25, -0.2) is 14.1 Å². The predicted molar refractivity (Wildman–Crippen MR) is 36.0 cm³/mol. The lowest BCUT2D eigenvalue weighted by atomic mass is 10.4. The first-order chi connectivity index (χ1) is 5.25. The summed E-state index contributed by atoms with van der Waals surface area (Å²) in [5.41, 5.74) is 0. The molecule has 0 unspecified atom stereocenters. The third-order valence-electron chi connectivity index (χ3n) is 1.23. The molecule has 1 aromatic heterocycles. The minimum Gasteiger partial charge on any atom is -0.291 e. The molecule has 1 heterocycles. The fourth-order valence-electron chi connectivity index (χ4n) is 0.781. The summed E-state index contributed by atoms with van der Waals surface area (Å²) in [7, 11) is 0. The summed E-state index contributed by atoms with van der Waals surface area (Å²) in [6, 6.07) is 0. The normalized spacial score (nSPS) is 10.0. The Morgan fingerprint density at radius 3 is 3.09 bits per heavy atom. The van der Waals surface area contributed by atoms with Gasteiger partial charge >= 0.3 is 0 Å². The van der Waals surface area contributed by atoms with Crippen LogP contribution < -0.4 is 0 Å². The van der Waals surface area contributed by atoms with E-state index in [1.165, 1.54) is 17.9 Å². The molecule has 1 rings (SSSR count). The molecular weight excluding hydrogens is 149 g/mol. The van der Waals surface area contributed by atoms with Crippen molar-refractivity contribution in [2.45, 2.75) is 13.5 Å². The van der Waals surface area contributed by atoms with Crippen LogP contribution in [0.2, 0.25) is 0 Å². The van der Waals surface area contributed by atoms with Crippen LogP contribution in [-0.2, 0) is 6.54 Å². The van der Waals surface area contributed by atoms with E-state index >= 15 is 0 Å². The first kappa shape index (κ1) is 7.84. The van der Waals surface area contributed by atoms with Gasteiger partial charge in [0, 0.05) is 6.92 Å². The van der Waals surface area contributed by atoms with Crippen LogP contribution in [0.4, 0.5) is 4.39 Å². The van der Waals surface area contributed by atoms with Gasteiger partial charge in [0.05, 0.1) is 6.54 Å². The third-order valence-corrected chi connectivity index (χ3v) is 1.23. The highest BCUT2D eigenvalue weighted by atomic mass is 19.1. The number of carbonyl (C=O) groups excluding carboxylic acids is 1. The van der Waals surface area contributed by atoms with Crippen molar-refractivity contribution in [1.29, 1.82) is 0 Å². The standard InChI is InChI=1S/C6H8FN3O/c1-5(11)6-8-4-9-10(6)3-2-7/h4H,2-3H2,1H3. The number of carbonyl (C=O) groups is 1. The van der Waals surface area contributed by atoms with Crippen molar-refractivity contribution in [3.63, 3.8) is 0 Å². The third kappa shape index (κ3) is 1.60. The number of Topliss-reactive ketones (excluding diaryl/α,β-unsaturated/α-hetero) is 1. The fourth-order valence-corrected chi connectivity index (χ4v) is 0.781. The summed E-state index contributed by atoms with van der Waals surface area (Å²) >= 11 is 0. The highest BCUT2D eigenvalue weighted by molar-refractivity contribution is 5.90. The van der Waals surface area contributed by atoms with Crippen LogP contribution in [0.1, 0.15) is 17.5 Å². The molecule has 4 nitrogen and oxygen atoms in total. The Balaban J connectivity index is 2.87. The highest BCUT2D eigenvalue weighted by Crippen LogP contribution is 1.94.